The van der Waals surface area contributed by atoms with E-state index < -0.39 is 59.6 Å². The number of fused-ring (bicyclic) bond motifs is 1. The number of hydrogen-bond acceptors (Lipinski definition) is 7. The zero-order valence-electron chi connectivity index (χ0n) is 25.3. The summed E-state index contributed by atoms with van der Waals surface area (Å²) in [5, 5.41) is 12.5. The van der Waals surface area contributed by atoms with Crippen LogP contribution in [0.25, 0.3) is 22.0 Å². The smallest absolute Gasteiger partial charge is 0.411 e. The molecular weight excluding hydrogens is 631 g/mol. The molecule has 3 heterocycles. The van der Waals surface area contributed by atoms with Gasteiger partial charge in [0, 0.05) is 54.6 Å². The number of aryl methyl sites for hydroxylation is 1. The third-order valence-electron chi connectivity index (χ3n) is 8.10. The van der Waals surface area contributed by atoms with Gasteiger partial charge in [-0.15, -0.1) is 0 Å². The number of benzene rings is 2. The average molecular weight is 661 g/mol. The fourth-order valence-corrected chi connectivity index (χ4v) is 5.59. The first-order chi connectivity index (χ1) is 22.2. The van der Waals surface area contributed by atoms with E-state index >= 15 is 8.78 Å². The highest BCUT2D eigenvalue weighted by Crippen LogP contribution is 2.35. The van der Waals surface area contributed by atoms with Crippen molar-refractivity contribution < 1.29 is 46.1 Å². The first-order valence-corrected chi connectivity index (χ1v) is 14.3. The van der Waals surface area contributed by atoms with Crippen molar-refractivity contribution in [1.82, 2.24) is 14.9 Å². The minimum Gasteiger partial charge on any atom is -0.496 e. The van der Waals surface area contributed by atoms with Crippen LogP contribution >= 0.6 is 0 Å². The maximum atomic E-state index is 15.1. The second-order valence-electron chi connectivity index (χ2n) is 10.9. The van der Waals surface area contributed by atoms with Gasteiger partial charge in [0.2, 0.25) is 0 Å². The van der Waals surface area contributed by atoms with Gasteiger partial charge in [-0.25, -0.2) is 13.6 Å². The van der Waals surface area contributed by atoms with Gasteiger partial charge in [-0.1, -0.05) is 18.2 Å². The van der Waals surface area contributed by atoms with E-state index in [1.165, 1.54) is 17.9 Å². The molecule has 5 rings (SSSR count). The number of carboxylic acids is 1. The highest BCUT2D eigenvalue weighted by molar-refractivity contribution is 5.99. The minimum atomic E-state index is -4.75. The van der Waals surface area contributed by atoms with E-state index in [9.17, 15) is 32.7 Å². The summed E-state index contributed by atoms with van der Waals surface area (Å²) in [5.41, 5.74) is 0.0643. The number of hydrogen-bond donors (Lipinski definition) is 2. The van der Waals surface area contributed by atoms with Gasteiger partial charge in [0.1, 0.15) is 35.0 Å². The van der Waals surface area contributed by atoms with Gasteiger partial charge in [-0.3, -0.25) is 14.6 Å². The molecule has 15 heteroatoms. The number of halogens is 5. The molecule has 0 bridgehead atoms. The highest BCUT2D eigenvalue weighted by Gasteiger charge is 2.46. The number of nitrogens with one attached hydrogen (secondary N) is 1. The predicted octanol–water partition coefficient (Wildman–Crippen LogP) is 4.39. The molecule has 2 aromatic carbocycles. The Balaban J connectivity index is 1.46. The minimum absolute atomic E-state index is 0.112. The van der Waals surface area contributed by atoms with Gasteiger partial charge in [-0.05, 0) is 30.7 Å². The summed E-state index contributed by atoms with van der Waals surface area (Å²) >= 11 is 0. The molecule has 1 amide bonds. The lowest BCUT2D eigenvalue weighted by Crippen LogP contribution is -2.53. The van der Waals surface area contributed by atoms with Crippen molar-refractivity contribution in [3.8, 4) is 16.9 Å². The fraction of sp³-hybridized carbons (Fsp3) is 0.312. The number of aliphatic carboxylic acids is 1. The van der Waals surface area contributed by atoms with E-state index in [-0.39, 0.29) is 30.7 Å². The number of carbonyl (C=O) groups is 2. The fourth-order valence-electron chi connectivity index (χ4n) is 5.59. The van der Waals surface area contributed by atoms with Crippen molar-refractivity contribution in [3.05, 3.63) is 87.5 Å². The summed E-state index contributed by atoms with van der Waals surface area (Å²) in [6, 6.07) is 5.40. The Morgan fingerprint density at radius 1 is 1.17 bits per heavy atom. The Kier molecular flexibility index (Phi) is 9.20. The Morgan fingerprint density at radius 3 is 2.51 bits per heavy atom. The largest absolute Gasteiger partial charge is 0.496 e. The number of nitrogens with zero attached hydrogens (tertiary/aromatic N) is 3. The monoisotopic (exact) mass is 660 g/mol. The SMILES string of the molecule is COc1cc(C)n(C)c(=O)c1-c1ccc(C[C@H](NC(=O)c2c(F)cc(N3CCOC[C@@H]3C(F)(F)F)cc2F)C(=O)O)c2cccnc12. The molecule has 2 aromatic heterocycles. The van der Waals surface area contributed by atoms with Crippen LogP contribution in [0.5, 0.6) is 5.75 Å². The zero-order chi connectivity index (χ0) is 34.2. The number of ether oxygens (including phenoxy) is 2. The van der Waals surface area contributed by atoms with Crippen LogP contribution in [-0.2, 0) is 23.0 Å². The molecule has 0 spiro atoms. The molecule has 10 nitrogen and oxygen atoms in total. The number of methoxy groups -OCH3 is 1. The number of pyridine rings is 2. The molecule has 0 unspecified atom stereocenters. The maximum absolute atomic E-state index is 15.1. The molecule has 47 heavy (non-hydrogen) atoms. The second-order valence-corrected chi connectivity index (χ2v) is 10.9. The van der Waals surface area contributed by atoms with E-state index in [4.69, 9.17) is 9.47 Å². The van der Waals surface area contributed by atoms with Gasteiger partial charge in [-0.2, -0.15) is 13.2 Å². The maximum Gasteiger partial charge on any atom is 0.411 e. The topological polar surface area (TPSA) is 123 Å². The lowest BCUT2D eigenvalue weighted by atomic mass is 9.95. The number of alkyl halides is 3. The van der Waals surface area contributed by atoms with Crippen molar-refractivity contribution in [1.29, 1.82) is 0 Å². The summed E-state index contributed by atoms with van der Waals surface area (Å²) in [4.78, 5) is 43.7. The first kappa shape index (κ1) is 33.3. The Morgan fingerprint density at radius 2 is 1.87 bits per heavy atom. The number of carbonyl (C=O) groups excluding carboxylic acids is 1. The van der Waals surface area contributed by atoms with Crippen LogP contribution in [0.15, 0.2) is 53.5 Å². The quantitative estimate of drug-likeness (QED) is 0.267. The number of anilines is 1. The van der Waals surface area contributed by atoms with Crippen molar-refractivity contribution in [3.63, 3.8) is 0 Å². The van der Waals surface area contributed by atoms with Gasteiger partial charge in [0.05, 0.1) is 31.4 Å². The molecule has 0 aliphatic carbocycles. The van der Waals surface area contributed by atoms with Gasteiger partial charge < -0.3 is 29.4 Å². The van der Waals surface area contributed by atoms with Crippen LogP contribution in [0.1, 0.15) is 21.6 Å². The molecule has 0 radical (unpaired) electrons. The van der Waals surface area contributed by atoms with Crippen molar-refractivity contribution >= 4 is 28.5 Å². The number of morpholine rings is 1. The zero-order valence-corrected chi connectivity index (χ0v) is 25.3. The number of carboxylic acid groups (broad SMARTS) is 1. The third kappa shape index (κ3) is 6.48. The number of rotatable bonds is 8. The van der Waals surface area contributed by atoms with Crippen molar-refractivity contribution in [2.24, 2.45) is 7.05 Å². The lowest BCUT2D eigenvalue weighted by Gasteiger charge is -2.38. The predicted molar refractivity (Wildman–Crippen MR) is 161 cm³/mol. The summed E-state index contributed by atoms with van der Waals surface area (Å²) in [6.07, 6.45) is -3.62. The van der Waals surface area contributed by atoms with Crippen molar-refractivity contribution in [2.45, 2.75) is 31.6 Å². The number of amides is 1. The van der Waals surface area contributed by atoms with Gasteiger partial charge in [0.25, 0.3) is 11.5 Å². The van der Waals surface area contributed by atoms with E-state index in [0.29, 0.717) is 45.6 Å². The van der Waals surface area contributed by atoms with Crippen LogP contribution in [0.2, 0.25) is 0 Å². The van der Waals surface area contributed by atoms with Crippen LogP contribution < -0.4 is 20.5 Å². The van der Waals surface area contributed by atoms with Crippen LogP contribution in [0, 0.1) is 18.6 Å². The van der Waals surface area contributed by atoms with Crippen molar-refractivity contribution in [2.75, 3.05) is 31.8 Å². The summed E-state index contributed by atoms with van der Waals surface area (Å²) in [7, 11) is 3.02. The normalized spacial score (nSPS) is 15.8. The van der Waals surface area contributed by atoms with Gasteiger partial charge >= 0.3 is 12.1 Å². The highest BCUT2D eigenvalue weighted by atomic mass is 19.4. The summed E-state index contributed by atoms with van der Waals surface area (Å²) in [6.45, 7) is 0.587. The average Bonchev–Trinajstić information content (AvgIpc) is 3.02. The molecule has 1 saturated heterocycles. The number of aromatic nitrogens is 2. The van der Waals surface area contributed by atoms with E-state index in [1.54, 1.807) is 44.3 Å². The molecule has 1 aliphatic rings. The second kappa shape index (κ2) is 13.0. The standard InChI is InChI=1S/C32H29F5N4O6/c1-16-11-24(46-3)26(30(43)40(16)2)20-7-6-17(19-5-4-8-38-28(19)20)12-23(31(44)45)39-29(42)27-21(33)13-18(14-22(27)34)41-9-10-47-15-25(41)32(35,36)37/h4-8,11,13-14,23,25H,9-10,12,15H2,1-3H3,(H,39,42)(H,44,45)/t23-,25+/m0/s1. The summed E-state index contributed by atoms with van der Waals surface area (Å²) < 4.78 is 82.6. The molecule has 2 atom stereocenters. The van der Waals surface area contributed by atoms with E-state index in [2.05, 4.69) is 10.3 Å². The van der Waals surface area contributed by atoms with Gasteiger partial charge in [0.15, 0.2) is 0 Å². The van der Waals surface area contributed by atoms with Crippen LogP contribution in [0.4, 0.5) is 27.6 Å². The Labute approximate surface area is 264 Å². The Bertz CT molecular complexity index is 1910. The summed E-state index contributed by atoms with van der Waals surface area (Å²) in [5.74, 6) is -5.57. The lowest BCUT2D eigenvalue weighted by molar-refractivity contribution is -0.167. The molecule has 4 aromatic rings. The molecule has 1 aliphatic heterocycles. The molecular formula is C32H29F5N4O6. The molecule has 1 fully saturated rings. The molecule has 248 valence electrons. The molecule has 0 saturated carbocycles. The van der Waals surface area contributed by atoms with Crippen LogP contribution in [0.3, 0.4) is 0 Å². The van der Waals surface area contributed by atoms with E-state index in [0.717, 1.165) is 4.90 Å². The molecule has 2 N–H and O–H groups in total. The Hall–Kier alpha value is -5.05. The first-order valence-electron chi connectivity index (χ1n) is 14.3. The van der Waals surface area contributed by atoms with E-state index in [1.807, 2.05) is 0 Å². The third-order valence-corrected chi connectivity index (χ3v) is 8.10. The van der Waals surface area contributed by atoms with Crippen LogP contribution in [-0.4, -0.2) is 71.7 Å².